The van der Waals surface area contributed by atoms with E-state index in [1.807, 2.05) is 0 Å². The van der Waals surface area contributed by atoms with Crippen LogP contribution in [0.2, 0.25) is 0 Å². The molecule has 0 aromatic rings. The van der Waals surface area contributed by atoms with Crippen LogP contribution in [-0.4, -0.2) is 31.2 Å². The van der Waals surface area contributed by atoms with Crippen molar-refractivity contribution in [3.05, 3.63) is 0 Å². The Morgan fingerprint density at radius 2 is 2.43 bits per heavy atom. The highest BCUT2D eigenvalue weighted by molar-refractivity contribution is 5.79. The fourth-order valence-corrected chi connectivity index (χ4v) is 1.60. The van der Waals surface area contributed by atoms with Gasteiger partial charge in [0.25, 0.3) is 0 Å². The Hall–Kier alpha value is -0.610. The van der Waals surface area contributed by atoms with Gasteiger partial charge in [-0.3, -0.25) is 4.79 Å². The first-order chi connectivity index (χ1) is 6.70. The molecule has 0 radical (unpaired) electrons. The second-order valence-corrected chi connectivity index (χ2v) is 3.86. The van der Waals surface area contributed by atoms with Crippen LogP contribution in [0.15, 0.2) is 0 Å². The first kappa shape index (κ1) is 11.5. The summed E-state index contributed by atoms with van der Waals surface area (Å²) in [4.78, 5) is 10.7. The van der Waals surface area contributed by atoms with E-state index in [-0.39, 0.29) is 11.9 Å². The summed E-state index contributed by atoms with van der Waals surface area (Å²) in [6.45, 7) is 3.47. The maximum Gasteiger partial charge on any atom is 0.234 e. The van der Waals surface area contributed by atoms with E-state index >= 15 is 0 Å². The zero-order valence-corrected chi connectivity index (χ0v) is 8.79. The quantitative estimate of drug-likeness (QED) is 0.675. The molecule has 1 heterocycles. The molecule has 1 saturated heterocycles. The number of hydrogen-bond donors (Lipinski definition) is 2. The van der Waals surface area contributed by atoms with Crippen molar-refractivity contribution in [2.45, 2.75) is 44.8 Å². The van der Waals surface area contributed by atoms with Crippen LogP contribution >= 0.6 is 0 Å². The predicted octanol–water partition coefficient (Wildman–Crippen LogP) is 0.409. The molecular weight excluding hydrogens is 180 g/mol. The lowest BCUT2D eigenvalue weighted by Crippen LogP contribution is -2.40. The molecule has 0 spiro atoms. The summed E-state index contributed by atoms with van der Waals surface area (Å²) in [5.41, 5.74) is 5.12. The number of primary amides is 1. The van der Waals surface area contributed by atoms with Gasteiger partial charge in [0.2, 0.25) is 5.91 Å². The van der Waals surface area contributed by atoms with E-state index in [0.29, 0.717) is 6.10 Å². The minimum atomic E-state index is -0.297. The molecule has 4 heteroatoms. The minimum Gasteiger partial charge on any atom is -0.378 e. The lowest BCUT2D eigenvalue weighted by Gasteiger charge is -2.23. The van der Waals surface area contributed by atoms with Gasteiger partial charge in [0.1, 0.15) is 0 Å². The first-order valence-electron chi connectivity index (χ1n) is 5.34. The molecule has 14 heavy (non-hydrogen) atoms. The lowest BCUT2D eigenvalue weighted by atomic mass is 10.1. The van der Waals surface area contributed by atoms with Crippen LogP contribution in [-0.2, 0) is 9.53 Å². The average Bonchev–Trinajstić information content (AvgIpc) is 2.19. The van der Waals surface area contributed by atoms with Crippen molar-refractivity contribution in [2.75, 3.05) is 13.2 Å². The largest absolute Gasteiger partial charge is 0.378 e. The molecule has 2 unspecified atom stereocenters. The van der Waals surface area contributed by atoms with E-state index in [9.17, 15) is 4.79 Å². The molecule has 0 aromatic carbocycles. The normalized spacial score (nSPS) is 24.5. The second kappa shape index (κ2) is 5.98. The van der Waals surface area contributed by atoms with Gasteiger partial charge in [-0.25, -0.2) is 0 Å². The summed E-state index contributed by atoms with van der Waals surface area (Å²) in [6, 6.07) is -0.237. The number of ether oxygens (including phenoxy) is 1. The Labute approximate surface area is 85.2 Å². The molecule has 4 nitrogen and oxygen atoms in total. The molecule has 0 saturated carbocycles. The van der Waals surface area contributed by atoms with Crippen LogP contribution in [0.25, 0.3) is 0 Å². The first-order valence-corrected chi connectivity index (χ1v) is 5.34. The molecule has 1 rings (SSSR count). The molecule has 1 aliphatic rings. The van der Waals surface area contributed by atoms with E-state index in [1.165, 1.54) is 12.8 Å². The number of carbonyl (C=O) groups excluding carboxylic acids is 1. The topological polar surface area (TPSA) is 64.3 Å². The zero-order valence-electron chi connectivity index (χ0n) is 8.79. The summed E-state index contributed by atoms with van der Waals surface area (Å²) < 4.78 is 5.56. The smallest absolute Gasteiger partial charge is 0.234 e. The molecule has 82 valence electrons. The summed E-state index contributed by atoms with van der Waals surface area (Å²) in [7, 11) is 0. The molecule has 1 fully saturated rings. The van der Waals surface area contributed by atoms with Crippen molar-refractivity contribution in [3.63, 3.8) is 0 Å². The average molecular weight is 200 g/mol. The molecule has 1 aliphatic heterocycles. The van der Waals surface area contributed by atoms with Crippen molar-refractivity contribution in [1.82, 2.24) is 5.32 Å². The highest BCUT2D eigenvalue weighted by Crippen LogP contribution is 2.14. The van der Waals surface area contributed by atoms with Crippen LogP contribution in [0.1, 0.15) is 32.6 Å². The fourth-order valence-electron chi connectivity index (χ4n) is 1.60. The van der Waals surface area contributed by atoms with Gasteiger partial charge in [-0.2, -0.15) is 0 Å². The Kier molecular flexibility index (Phi) is 4.90. The molecule has 0 bridgehead atoms. The van der Waals surface area contributed by atoms with Gasteiger partial charge in [0.05, 0.1) is 12.1 Å². The van der Waals surface area contributed by atoms with Crippen molar-refractivity contribution in [3.8, 4) is 0 Å². The van der Waals surface area contributed by atoms with E-state index in [0.717, 1.165) is 26.0 Å². The van der Waals surface area contributed by atoms with Gasteiger partial charge in [0, 0.05) is 6.61 Å². The number of rotatable bonds is 5. The number of nitrogens with one attached hydrogen (secondary N) is 1. The Balaban J connectivity index is 2.05. The highest BCUT2D eigenvalue weighted by Gasteiger charge is 2.14. The van der Waals surface area contributed by atoms with Crippen molar-refractivity contribution < 1.29 is 9.53 Å². The summed E-state index contributed by atoms with van der Waals surface area (Å²) >= 11 is 0. The molecule has 0 aromatic heterocycles. The van der Waals surface area contributed by atoms with Gasteiger partial charge < -0.3 is 15.8 Å². The summed E-state index contributed by atoms with van der Waals surface area (Å²) in [5, 5.41) is 3.07. The minimum absolute atomic E-state index is 0.237. The lowest BCUT2D eigenvalue weighted by molar-refractivity contribution is -0.119. The second-order valence-electron chi connectivity index (χ2n) is 3.86. The number of amides is 1. The van der Waals surface area contributed by atoms with Gasteiger partial charge in [-0.1, -0.05) is 0 Å². The van der Waals surface area contributed by atoms with Crippen molar-refractivity contribution in [1.29, 1.82) is 0 Å². The van der Waals surface area contributed by atoms with E-state index in [2.05, 4.69) is 5.32 Å². The molecule has 1 amide bonds. The fraction of sp³-hybridized carbons (Fsp3) is 0.900. The third-order valence-electron chi connectivity index (χ3n) is 2.62. The predicted molar refractivity (Wildman–Crippen MR) is 54.9 cm³/mol. The van der Waals surface area contributed by atoms with Crippen molar-refractivity contribution >= 4 is 5.91 Å². The molecule has 3 N–H and O–H groups in total. The van der Waals surface area contributed by atoms with Crippen molar-refractivity contribution in [2.24, 2.45) is 5.73 Å². The standard InChI is InChI=1S/C10H20N2O2/c1-8(10(11)13)12-6-5-9-4-2-3-7-14-9/h8-9,12H,2-7H2,1H3,(H2,11,13). The Bertz CT molecular complexity index is 179. The van der Waals surface area contributed by atoms with E-state index in [1.54, 1.807) is 6.92 Å². The van der Waals surface area contributed by atoms with Crippen LogP contribution < -0.4 is 11.1 Å². The van der Waals surface area contributed by atoms with Crippen LogP contribution in [0.3, 0.4) is 0 Å². The molecule has 2 atom stereocenters. The van der Waals surface area contributed by atoms with Gasteiger partial charge >= 0.3 is 0 Å². The van der Waals surface area contributed by atoms with Crippen LogP contribution in [0.5, 0.6) is 0 Å². The van der Waals surface area contributed by atoms with E-state index in [4.69, 9.17) is 10.5 Å². The Morgan fingerprint density at radius 3 is 3.00 bits per heavy atom. The maximum absolute atomic E-state index is 10.7. The van der Waals surface area contributed by atoms with Gasteiger partial charge in [-0.05, 0) is 39.2 Å². The zero-order chi connectivity index (χ0) is 10.4. The number of nitrogens with two attached hydrogens (primary N) is 1. The molecule has 0 aliphatic carbocycles. The van der Waals surface area contributed by atoms with E-state index < -0.39 is 0 Å². The summed E-state index contributed by atoms with van der Waals surface area (Å²) in [5.74, 6) is -0.297. The van der Waals surface area contributed by atoms with Gasteiger partial charge in [-0.15, -0.1) is 0 Å². The number of carbonyl (C=O) groups is 1. The Morgan fingerprint density at radius 1 is 1.64 bits per heavy atom. The third kappa shape index (κ3) is 4.07. The highest BCUT2D eigenvalue weighted by atomic mass is 16.5. The maximum atomic E-state index is 10.7. The van der Waals surface area contributed by atoms with Gasteiger partial charge in [0.15, 0.2) is 0 Å². The monoisotopic (exact) mass is 200 g/mol. The molecular formula is C10H20N2O2. The van der Waals surface area contributed by atoms with Crippen LogP contribution in [0, 0.1) is 0 Å². The summed E-state index contributed by atoms with van der Waals surface area (Å²) in [6.07, 6.45) is 4.93. The number of hydrogen-bond acceptors (Lipinski definition) is 3. The van der Waals surface area contributed by atoms with Crippen LogP contribution in [0.4, 0.5) is 0 Å². The SMILES string of the molecule is CC(NCCC1CCCCO1)C(N)=O. The third-order valence-corrected chi connectivity index (χ3v) is 2.62.